The van der Waals surface area contributed by atoms with E-state index in [9.17, 15) is 0 Å². The Bertz CT molecular complexity index is 590. The number of rotatable bonds is 4. The third kappa shape index (κ3) is 3.54. The smallest absolute Gasteiger partial charge is 0.123 e. The summed E-state index contributed by atoms with van der Waals surface area (Å²) in [6, 6.07) is 12.7. The van der Waals surface area contributed by atoms with Gasteiger partial charge in [-0.3, -0.25) is 0 Å². The normalized spacial score (nSPS) is 10.4. The quantitative estimate of drug-likeness (QED) is 0.803. The maximum atomic E-state index is 5.44. The van der Waals surface area contributed by atoms with E-state index in [0.29, 0.717) is 0 Å². The Balaban J connectivity index is 2.27. The van der Waals surface area contributed by atoms with Gasteiger partial charge in [0.05, 0.1) is 7.11 Å². The van der Waals surface area contributed by atoms with Crippen molar-refractivity contribution < 1.29 is 4.74 Å². The Morgan fingerprint density at radius 1 is 1.05 bits per heavy atom. The molecular formula is C17H20BrNO. The standard InChI is InChI=1S/C17H20BrNO/c1-12-7-13(2)9-16(8-12)19(3)11-14-10-15(18)5-6-17(14)20-4/h5-10H,11H2,1-4H3. The van der Waals surface area contributed by atoms with Crippen molar-refractivity contribution in [1.29, 1.82) is 0 Å². The predicted molar refractivity (Wildman–Crippen MR) is 88.7 cm³/mol. The number of aryl methyl sites for hydroxylation is 2. The van der Waals surface area contributed by atoms with E-state index >= 15 is 0 Å². The van der Waals surface area contributed by atoms with E-state index in [1.807, 2.05) is 12.1 Å². The first-order chi connectivity index (χ1) is 9.49. The van der Waals surface area contributed by atoms with Crippen molar-refractivity contribution in [2.75, 3.05) is 19.1 Å². The number of nitrogens with zero attached hydrogens (tertiary/aromatic N) is 1. The SMILES string of the molecule is COc1ccc(Br)cc1CN(C)c1cc(C)cc(C)c1. The zero-order valence-corrected chi connectivity index (χ0v) is 14.0. The fraction of sp³-hybridized carbons (Fsp3) is 0.294. The Hall–Kier alpha value is -1.48. The van der Waals surface area contributed by atoms with Crippen LogP contribution in [0.3, 0.4) is 0 Å². The molecule has 0 saturated heterocycles. The van der Waals surface area contributed by atoms with Crippen LogP contribution in [0.25, 0.3) is 0 Å². The van der Waals surface area contributed by atoms with Crippen LogP contribution in [0.15, 0.2) is 40.9 Å². The van der Waals surface area contributed by atoms with Crippen LogP contribution in [-0.4, -0.2) is 14.2 Å². The highest BCUT2D eigenvalue weighted by Gasteiger charge is 2.08. The summed E-state index contributed by atoms with van der Waals surface area (Å²) in [4.78, 5) is 2.24. The number of hydrogen-bond donors (Lipinski definition) is 0. The van der Waals surface area contributed by atoms with Gasteiger partial charge in [-0.1, -0.05) is 22.0 Å². The molecule has 0 aromatic heterocycles. The maximum absolute atomic E-state index is 5.44. The Morgan fingerprint density at radius 3 is 2.30 bits per heavy atom. The molecule has 0 aliphatic rings. The van der Waals surface area contributed by atoms with Gasteiger partial charge in [0.2, 0.25) is 0 Å². The zero-order chi connectivity index (χ0) is 14.7. The van der Waals surface area contributed by atoms with Crippen LogP contribution in [0.4, 0.5) is 5.69 Å². The summed E-state index contributed by atoms with van der Waals surface area (Å²) in [6.07, 6.45) is 0. The molecule has 106 valence electrons. The van der Waals surface area contributed by atoms with Crippen LogP contribution >= 0.6 is 15.9 Å². The maximum Gasteiger partial charge on any atom is 0.123 e. The van der Waals surface area contributed by atoms with Crippen LogP contribution in [0.1, 0.15) is 16.7 Å². The lowest BCUT2D eigenvalue weighted by Gasteiger charge is -2.22. The molecule has 0 heterocycles. The third-order valence-electron chi connectivity index (χ3n) is 3.30. The number of halogens is 1. The van der Waals surface area contributed by atoms with E-state index in [1.165, 1.54) is 22.4 Å². The van der Waals surface area contributed by atoms with Crippen molar-refractivity contribution in [3.05, 3.63) is 57.6 Å². The number of benzene rings is 2. The van der Waals surface area contributed by atoms with Gasteiger partial charge in [0.1, 0.15) is 5.75 Å². The topological polar surface area (TPSA) is 12.5 Å². The molecular weight excluding hydrogens is 314 g/mol. The van der Waals surface area contributed by atoms with Gasteiger partial charge < -0.3 is 9.64 Å². The molecule has 0 atom stereocenters. The second-order valence-electron chi connectivity index (χ2n) is 5.16. The number of hydrogen-bond acceptors (Lipinski definition) is 2. The predicted octanol–water partition coefficient (Wildman–Crippen LogP) is 4.71. The highest BCUT2D eigenvalue weighted by Crippen LogP contribution is 2.26. The van der Waals surface area contributed by atoms with Crippen LogP contribution in [0.5, 0.6) is 5.75 Å². The molecule has 0 fully saturated rings. The van der Waals surface area contributed by atoms with Gasteiger partial charge in [-0.2, -0.15) is 0 Å². The summed E-state index contributed by atoms with van der Waals surface area (Å²) in [7, 11) is 3.82. The molecule has 2 aromatic rings. The van der Waals surface area contributed by atoms with Crippen LogP contribution in [-0.2, 0) is 6.54 Å². The molecule has 0 aliphatic carbocycles. The van der Waals surface area contributed by atoms with Crippen molar-refractivity contribution in [3.8, 4) is 5.75 Å². The largest absolute Gasteiger partial charge is 0.496 e. The minimum atomic E-state index is 0.811. The fourth-order valence-corrected chi connectivity index (χ4v) is 2.80. The molecule has 2 rings (SSSR count). The molecule has 0 amide bonds. The van der Waals surface area contributed by atoms with E-state index in [-0.39, 0.29) is 0 Å². The molecule has 0 radical (unpaired) electrons. The minimum Gasteiger partial charge on any atom is -0.496 e. The average Bonchev–Trinajstić information content (AvgIpc) is 2.37. The van der Waals surface area contributed by atoms with E-state index < -0.39 is 0 Å². The van der Waals surface area contributed by atoms with Gasteiger partial charge in [-0.25, -0.2) is 0 Å². The first-order valence-electron chi connectivity index (χ1n) is 6.61. The van der Waals surface area contributed by atoms with Crippen molar-refractivity contribution >= 4 is 21.6 Å². The molecule has 0 spiro atoms. The van der Waals surface area contributed by atoms with Gasteiger partial charge in [0, 0.05) is 29.3 Å². The monoisotopic (exact) mass is 333 g/mol. The van der Waals surface area contributed by atoms with Crippen LogP contribution < -0.4 is 9.64 Å². The number of ether oxygens (including phenoxy) is 1. The lowest BCUT2D eigenvalue weighted by atomic mass is 10.1. The van der Waals surface area contributed by atoms with Gasteiger partial charge in [-0.15, -0.1) is 0 Å². The summed E-state index contributed by atoms with van der Waals surface area (Å²) < 4.78 is 6.51. The summed E-state index contributed by atoms with van der Waals surface area (Å²) in [5, 5.41) is 0. The first kappa shape index (κ1) is 14.9. The molecule has 0 aliphatic heterocycles. The molecule has 0 bridgehead atoms. The lowest BCUT2D eigenvalue weighted by Crippen LogP contribution is -2.17. The average molecular weight is 334 g/mol. The zero-order valence-electron chi connectivity index (χ0n) is 12.4. The van der Waals surface area contributed by atoms with Gasteiger partial charge >= 0.3 is 0 Å². The summed E-state index contributed by atoms with van der Waals surface area (Å²) >= 11 is 3.52. The Labute approximate surface area is 129 Å². The highest BCUT2D eigenvalue weighted by atomic mass is 79.9. The summed E-state index contributed by atoms with van der Waals surface area (Å²) in [5.74, 6) is 0.921. The van der Waals surface area contributed by atoms with E-state index in [1.54, 1.807) is 7.11 Å². The lowest BCUT2D eigenvalue weighted by molar-refractivity contribution is 0.409. The molecule has 0 unspecified atom stereocenters. The Kier molecular flexibility index (Phi) is 4.71. The summed E-state index contributed by atoms with van der Waals surface area (Å²) in [5.41, 5.74) is 4.97. The molecule has 2 nitrogen and oxygen atoms in total. The van der Waals surface area contributed by atoms with Crippen molar-refractivity contribution in [2.45, 2.75) is 20.4 Å². The van der Waals surface area contributed by atoms with Crippen LogP contribution in [0.2, 0.25) is 0 Å². The first-order valence-corrected chi connectivity index (χ1v) is 7.41. The second-order valence-corrected chi connectivity index (χ2v) is 6.07. The van der Waals surface area contributed by atoms with Crippen molar-refractivity contribution in [1.82, 2.24) is 0 Å². The Morgan fingerprint density at radius 2 is 1.70 bits per heavy atom. The molecule has 20 heavy (non-hydrogen) atoms. The van der Waals surface area contributed by atoms with E-state index in [2.05, 4.69) is 66.0 Å². The fourth-order valence-electron chi connectivity index (χ4n) is 2.39. The highest BCUT2D eigenvalue weighted by molar-refractivity contribution is 9.10. The minimum absolute atomic E-state index is 0.811. The molecule has 2 aromatic carbocycles. The van der Waals surface area contributed by atoms with Crippen molar-refractivity contribution in [2.24, 2.45) is 0 Å². The van der Waals surface area contributed by atoms with E-state index in [0.717, 1.165) is 16.8 Å². The van der Waals surface area contributed by atoms with Crippen molar-refractivity contribution in [3.63, 3.8) is 0 Å². The number of methoxy groups -OCH3 is 1. The molecule has 0 N–H and O–H groups in total. The molecule has 3 heteroatoms. The van der Waals surface area contributed by atoms with Gasteiger partial charge in [-0.05, 0) is 55.3 Å². The second kappa shape index (κ2) is 6.31. The van der Waals surface area contributed by atoms with Gasteiger partial charge in [0.25, 0.3) is 0 Å². The van der Waals surface area contributed by atoms with Crippen LogP contribution in [0, 0.1) is 13.8 Å². The van der Waals surface area contributed by atoms with E-state index in [4.69, 9.17) is 4.74 Å². The third-order valence-corrected chi connectivity index (χ3v) is 3.79. The summed E-state index contributed by atoms with van der Waals surface area (Å²) in [6.45, 7) is 5.07. The molecule has 0 saturated carbocycles. The number of anilines is 1. The van der Waals surface area contributed by atoms with Gasteiger partial charge in [0.15, 0.2) is 0 Å².